The molecule has 0 radical (unpaired) electrons. The molecule has 0 amide bonds. The molecule has 0 atom stereocenters. The predicted molar refractivity (Wildman–Crippen MR) is 265 cm³/mol. The van der Waals surface area contributed by atoms with Crippen LogP contribution in [0.4, 0.5) is 0 Å². The molecule has 6 nitrogen and oxygen atoms in total. The van der Waals surface area contributed by atoms with Crippen LogP contribution in [0.2, 0.25) is 0 Å². The van der Waals surface area contributed by atoms with Crippen molar-refractivity contribution in [1.29, 1.82) is 0 Å². The zero-order valence-electron chi connectivity index (χ0n) is 34.6. The average molecular weight is 877 g/mol. The molecule has 2 N–H and O–H groups in total. The van der Waals surface area contributed by atoms with Gasteiger partial charge in [0.2, 0.25) is 0 Å². The van der Waals surface area contributed by atoms with Gasteiger partial charge in [0.1, 0.15) is 9.79 Å². The summed E-state index contributed by atoms with van der Waals surface area (Å²) in [5.41, 5.74) is 10.1. The lowest BCUT2D eigenvalue weighted by Gasteiger charge is -2.14. The Labute approximate surface area is 375 Å². The summed E-state index contributed by atoms with van der Waals surface area (Å²) in [5, 5.41) is 0. The molecule has 316 valence electrons. The Kier molecular flexibility index (Phi) is 14.7. The first kappa shape index (κ1) is 44.6. The minimum absolute atomic E-state index is 0.0550. The Morgan fingerprint density at radius 3 is 1.11 bits per heavy atom. The quantitative estimate of drug-likeness (QED) is 0.0935. The van der Waals surface area contributed by atoms with Gasteiger partial charge in [-0.05, 0) is 61.2 Å². The first-order valence-corrected chi connectivity index (χ1v) is 23.2. The topological polar surface area (TPSA) is 109 Å². The standard InChI is InChI=1S/C28H22O6S2.C28H22/c29-35(30,31)27-25(18-15-22-9-5-2-6-10-22)19-20-26(28(27)36(32,33)34)24-16-13-23(14-17-24)12-11-21-7-3-1-4-8-21;1-4-11-23(12-5-1)19-21-26-17-10-18-27(25-15-8-3-9-16-25)28(26)22-20-24-13-6-2-7-14-24/h1-20H,(H,29,30,31)(H,32,33,34);1-22H. The van der Waals surface area contributed by atoms with Crippen molar-refractivity contribution in [1.82, 2.24) is 0 Å². The molecule has 0 aliphatic rings. The van der Waals surface area contributed by atoms with E-state index in [1.165, 1.54) is 51.6 Å². The summed E-state index contributed by atoms with van der Waals surface area (Å²) in [6, 6.07) is 66.0. The molecule has 8 rings (SSSR count). The Balaban J connectivity index is 0.000000197. The smallest absolute Gasteiger partial charge is 0.282 e. The summed E-state index contributed by atoms with van der Waals surface area (Å²) in [4.78, 5) is -1.77. The molecule has 0 bridgehead atoms. The van der Waals surface area contributed by atoms with Crippen LogP contribution in [0.1, 0.15) is 44.5 Å². The van der Waals surface area contributed by atoms with Gasteiger partial charge in [-0.25, -0.2) is 0 Å². The molecule has 0 heterocycles. The fourth-order valence-corrected chi connectivity index (χ4v) is 9.24. The van der Waals surface area contributed by atoms with Gasteiger partial charge in [0.25, 0.3) is 20.2 Å². The monoisotopic (exact) mass is 876 g/mol. The van der Waals surface area contributed by atoms with E-state index in [-0.39, 0.29) is 11.1 Å². The third kappa shape index (κ3) is 12.1. The summed E-state index contributed by atoms with van der Waals surface area (Å²) < 4.78 is 69.4. The third-order valence-corrected chi connectivity index (χ3v) is 12.1. The number of hydrogen-bond donors (Lipinski definition) is 2. The van der Waals surface area contributed by atoms with Crippen LogP contribution < -0.4 is 0 Å². The van der Waals surface area contributed by atoms with Crippen LogP contribution in [0.25, 0.3) is 70.9 Å². The summed E-state index contributed by atoms with van der Waals surface area (Å²) in [7, 11) is -10.1. The van der Waals surface area contributed by atoms with Crippen LogP contribution in [0.3, 0.4) is 0 Å². The molecule has 0 unspecified atom stereocenters. The van der Waals surface area contributed by atoms with Gasteiger partial charge in [-0.1, -0.05) is 255 Å². The van der Waals surface area contributed by atoms with E-state index in [9.17, 15) is 25.9 Å². The van der Waals surface area contributed by atoms with E-state index in [2.05, 4.69) is 121 Å². The minimum atomic E-state index is -5.04. The van der Waals surface area contributed by atoms with Crippen molar-refractivity contribution in [2.75, 3.05) is 0 Å². The van der Waals surface area contributed by atoms with Crippen molar-refractivity contribution in [3.63, 3.8) is 0 Å². The Morgan fingerprint density at radius 1 is 0.281 bits per heavy atom. The fourth-order valence-electron chi connectivity index (χ4n) is 7.02. The number of rotatable bonds is 12. The maximum atomic E-state index is 12.4. The van der Waals surface area contributed by atoms with Crippen LogP contribution in [-0.2, 0) is 20.2 Å². The minimum Gasteiger partial charge on any atom is -0.282 e. The van der Waals surface area contributed by atoms with Crippen LogP contribution in [0.5, 0.6) is 0 Å². The molecular weight excluding hydrogens is 833 g/mol. The molecule has 8 aromatic carbocycles. The molecule has 0 aliphatic heterocycles. The molecule has 8 heteroatoms. The lowest BCUT2D eigenvalue weighted by molar-refractivity contribution is 0.466. The molecule has 0 aromatic heterocycles. The highest BCUT2D eigenvalue weighted by Gasteiger charge is 2.30. The Morgan fingerprint density at radius 2 is 0.656 bits per heavy atom. The van der Waals surface area contributed by atoms with Gasteiger partial charge in [-0.2, -0.15) is 16.8 Å². The molecular formula is C56H44O6S2. The second-order valence-corrected chi connectivity index (χ2v) is 17.3. The van der Waals surface area contributed by atoms with Crippen molar-refractivity contribution in [3.05, 3.63) is 251 Å². The molecule has 0 saturated carbocycles. The highest BCUT2D eigenvalue weighted by atomic mass is 32.2. The van der Waals surface area contributed by atoms with Crippen LogP contribution >= 0.6 is 0 Å². The first-order valence-electron chi connectivity index (χ1n) is 20.4. The zero-order chi connectivity index (χ0) is 44.8. The SMILES string of the molecule is C(=Cc1cccc(-c2ccccc2)c1C=Cc1ccccc1)c1ccccc1.O=S(=O)(O)c1c(C=Cc2ccccc2)ccc(-c2ccc(C=Cc3ccccc3)cc2)c1S(=O)(=O)O. The summed E-state index contributed by atoms with van der Waals surface area (Å²) in [6.07, 6.45) is 15.5. The lowest BCUT2D eigenvalue weighted by atomic mass is 9.94. The van der Waals surface area contributed by atoms with Crippen molar-refractivity contribution in [2.24, 2.45) is 0 Å². The molecule has 0 saturated heterocycles. The van der Waals surface area contributed by atoms with Gasteiger partial charge in [-0.15, -0.1) is 0 Å². The van der Waals surface area contributed by atoms with Crippen molar-refractivity contribution >= 4 is 68.8 Å². The van der Waals surface area contributed by atoms with E-state index in [1.54, 1.807) is 54.6 Å². The number of hydrogen-bond acceptors (Lipinski definition) is 4. The largest absolute Gasteiger partial charge is 0.296 e. The number of benzene rings is 8. The normalized spacial score (nSPS) is 11.9. The summed E-state index contributed by atoms with van der Waals surface area (Å²) in [6.45, 7) is 0. The van der Waals surface area contributed by atoms with Gasteiger partial charge in [0.15, 0.2) is 0 Å². The summed E-state index contributed by atoms with van der Waals surface area (Å²) >= 11 is 0. The first-order chi connectivity index (χ1) is 31.0. The molecule has 64 heavy (non-hydrogen) atoms. The average Bonchev–Trinajstić information content (AvgIpc) is 3.32. The van der Waals surface area contributed by atoms with Crippen LogP contribution in [0.15, 0.2) is 216 Å². The van der Waals surface area contributed by atoms with E-state index in [1.807, 2.05) is 60.7 Å². The molecule has 0 aliphatic carbocycles. The highest BCUT2D eigenvalue weighted by Crippen LogP contribution is 2.36. The van der Waals surface area contributed by atoms with Crippen molar-refractivity contribution in [2.45, 2.75) is 9.79 Å². The fraction of sp³-hybridized carbons (Fsp3) is 0. The zero-order valence-corrected chi connectivity index (χ0v) is 36.2. The predicted octanol–water partition coefficient (Wildman–Crippen LogP) is 13.9. The van der Waals surface area contributed by atoms with E-state index in [0.29, 0.717) is 5.56 Å². The van der Waals surface area contributed by atoms with E-state index >= 15 is 0 Å². The van der Waals surface area contributed by atoms with Gasteiger partial charge in [0.05, 0.1) is 0 Å². The molecule has 8 aromatic rings. The Hall–Kier alpha value is -7.46. The van der Waals surface area contributed by atoms with E-state index in [4.69, 9.17) is 0 Å². The highest BCUT2D eigenvalue weighted by molar-refractivity contribution is 7.89. The maximum absolute atomic E-state index is 12.4. The second kappa shape index (κ2) is 21.1. The lowest BCUT2D eigenvalue weighted by Crippen LogP contribution is -2.12. The van der Waals surface area contributed by atoms with Crippen LogP contribution in [-0.4, -0.2) is 25.9 Å². The maximum Gasteiger partial charge on any atom is 0.296 e. The van der Waals surface area contributed by atoms with Gasteiger partial charge >= 0.3 is 0 Å². The molecule has 0 fully saturated rings. The van der Waals surface area contributed by atoms with Crippen LogP contribution in [0, 0.1) is 0 Å². The second-order valence-electron chi connectivity index (χ2n) is 14.6. The van der Waals surface area contributed by atoms with Gasteiger partial charge < -0.3 is 0 Å². The Bertz CT molecular complexity index is 3150. The van der Waals surface area contributed by atoms with E-state index < -0.39 is 30.0 Å². The van der Waals surface area contributed by atoms with Crippen molar-refractivity contribution < 1.29 is 25.9 Å². The third-order valence-electron chi connectivity index (χ3n) is 10.1. The van der Waals surface area contributed by atoms with Gasteiger partial charge in [0, 0.05) is 5.56 Å². The van der Waals surface area contributed by atoms with Crippen molar-refractivity contribution in [3.8, 4) is 22.3 Å². The van der Waals surface area contributed by atoms with E-state index in [0.717, 1.165) is 16.7 Å². The summed E-state index contributed by atoms with van der Waals surface area (Å²) in [5.74, 6) is 0. The molecule has 0 spiro atoms. The van der Waals surface area contributed by atoms with Gasteiger partial charge in [-0.3, -0.25) is 9.11 Å².